The monoisotopic (exact) mass is 382 g/mol. The van der Waals surface area contributed by atoms with E-state index in [2.05, 4.69) is 10.4 Å². The summed E-state index contributed by atoms with van der Waals surface area (Å²) in [4.78, 5) is 23.6. The molecule has 0 atom stereocenters. The van der Waals surface area contributed by atoms with Crippen LogP contribution in [0.4, 0.5) is 10.1 Å². The largest absolute Gasteiger partial charge is 0.491 e. The molecule has 3 rings (SSSR count). The number of hydrogen-bond donors (Lipinski definition) is 2. The van der Waals surface area contributed by atoms with E-state index in [1.54, 1.807) is 48.0 Å². The molecular formula is C20H19FN4O3. The third-order valence-corrected chi connectivity index (χ3v) is 4.07. The molecule has 2 amide bonds. The fourth-order valence-electron chi connectivity index (χ4n) is 2.62. The van der Waals surface area contributed by atoms with Crippen molar-refractivity contribution in [3.63, 3.8) is 0 Å². The minimum Gasteiger partial charge on any atom is -0.491 e. The Kier molecular flexibility index (Phi) is 5.69. The lowest BCUT2D eigenvalue weighted by atomic mass is 10.2. The molecule has 1 aromatic heterocycles. The number of halogens is 1. The molecule has 0 bridgehead atoms. The Bertz CT molecular complexity index is 999. The van der Waals surface area contributed by atoms with Crippen molar-refractivity contribution in [1.82, 2.24) is 9.78 Å². The second-order valence-corrected chi connectivity index (χ2v) is 6.05. The molecule has 0 saturated heterocycles. The number of rotatable bonds is 7. The van der Waals surface area contributed by atoms with E-state index in [0.29, 0.717) is 28.4 Å². The highest BCUT2D eigenvalue weighted by molar-refractivity contribution is 6.05. The topological polar surface area (TPSA) is 99.2 Å². The van der Waals surface area contributed by atoms with Crippen molar-refractivity contribution >= 4 is 17.5 Å². The van der Waals surface area contributed by atoms with Crippen LogP contribution in [0.3, 0.4) is 0 Å². The first-order chi connectivity index (χ1) is 13.5. The Labute approximate surface area is 160 Å². The summed E-state index contributed by atoms with van der Waals surface area (Å²) >= 11 is 0. The molecule has 0 spiro atoms. The van der Waals surface area contributed by atoms with Crippen LogP contribution >= 0.6 is 0 Å². The van der Waals surface area contributed by atoms with Crippen LogP contribution in [-0.4, -0.2) is 28.2 Å². The van der Waals surface area contributed by atoms with Crippen LogP contribution in [0.2, 0.25) is 0 Å². The van der Waals surface area contributed by atoms with Crippen molar-refractivity contribution in [3.05, 3.63) is 71.8 Å². The Morgan fingerprint density at radius 2 is 1.89 bits per heavy atom. The quantitative estimate of drug-likeness (QED) is 0.656. The maximum absolute atomic E-state index is 13.1. The van der Waals surface area contributed by atoms with Crippen LogP contribution in [0, 0.1) is 12.7 Å². The van der Waals surface area contributed by atoms with Gasteiger partial charge in [0.05, 0.1) is 41.9 Å². The van der Waals surface area contributed by atoms with Gasteiger partial charge in [0.1, 0.15) is 11.6 Å². The van der Waals surface area contributed by atoms with Crippen LogP contribution in [-0.2, 0) is 4.79 Å². The summed E-state index contributed by atoms with van der Waals surface area (Å²) in [6.07, 6.45) is 1.52. The molecule has 3 N–H and O–H groups in total. The highest BCUT2D eigenvalue weighted by Crippen LogP contribution is 2.25. The summed E-state index contributed by atoms with van der Waals surface area (Å²) in [5.74, 6) is -0.748. The molecule has 144 valence electrons. The molecule has 8 heteroatoms. The smallest absolute Gasteiger partial charge is 0.259 e. The van der Waals surface area contributed by atoms with Crippen molar-refractivity contribution in [2.45, 2.75) is 13.3 Å². The Balaban J connectivity index is 1.77. The summed E-state index contributed by atoms with van der Waals surface area (Å²) in [6.45, 7) is 1.87. The maximum atomic E-state index is 13.1. The van der Waals surface area contributed by atoms with Crippen molar-refractivity contribution in [2.24, 2.45) is 5.73 Å². The maximum Gasteiger partial charge on any atom is 0.259 e. The van der Waals surface area contributed by atoms with Crippen molar-refractivity contribution < 1.29 is 18.7 Å². The fraction of sp³-hybridized carbons (Fsp3) is 0.150. The Morgan fingerprint density at radius 1 is 1.18 bits per heavy atom. The van der Waals surface area contributed by atoms with Crippen molar-refractivity contribution in [2.75, 3.05) is 11.9 Å². The lowest BCUT2D eigenvalue weighted by Crippen LogP contribution is -2.16. The van der Waals surface area contributed by atoms with Crippen LogP contribution in [0.5, 0.6) is 5.75 Å². The molecule has 3 aromatic rings. The first-order valence-electron chi connectivity index (χ1n) is 8.58. The van der Waals surface area contributed by atoms with Crippen LogP contribution in [0.15, 0.2) is 54.7 Å². The van der Waals surface area contributed by atoms with Gasteiger partial charge in [0.2, 0.25) is 5.91 Å². The zero-order chi connectivity index (χ0) is 20.1. The highest BCUT2D eigenvalue weighted by atomic mass is 19.1. The number of ether oxygens (including phenoxy) is 1. The Hall–Kier alpha value is -3.68. The van der Waals surface area contributed by atoms with Crippen molar-refractivity contribution in [3.8, 4) is 11.4 Å². The van der Waals surface area contributed by atoms with E-state index in [9.17, 15) is 14.0 Å². The standard InChI is InChI=1S/C20H19FN4O3/c1-13-16(12-23-25(13)15-8-6-14(21)7-9-15)20(27)24-17-4-2-3-5-18(17)28-11-10-19(22)26/h2-9,12H,10-11H2,1H3,(H2,22,26)(H,24,27). The first kappa shape index (κ1) is 19.1. The fourth-order valence-corrected chi connectivity index (χ4v) is 2.62. The average molecular weight is 382 g/mol. The van der Waals surface area contributed by atoms with E-state index < -0.39 is 5.91 Å². The molecule has 7 nitrogen and oxygen atoms in total. The molecular weight excluding hydrogens is 363 g/mol. The van der Waals surface area contributed by atoms with Crippen molar-refractivity contribution in [1.29, 1.82) is 0 Å². The molecule has 1 heterocycles. The van der Waals surface area contributed by atoms with Gasteiger partial charge < -0.3 is 15.8 Å². The minimum atomic E-state index is -0.467. The number of benzene rings is 2. The third-order valence-electron chi connectivity index (χ3n) is 4.07. The molecule has 0 aliphatic heterocycles. The minimum absolute atomic E-state index is 0.0752. The number of carbonyl (C=O) groups excluding carboxylic acids is 2. The molecule has 0 fully saturated rings. The van der Waals surface area contributed by atoms with E-state index in [-0.39, 0.29) is 24.8 Å². The van der Waals surface area contributed by atoms with Gasteiger partial charge in [-0.25, -0.2) is 9.07 Å². The van der Waals surface area contributed by atoms with Gasteiger partial charge in [0, 0.05) is 0 Å². The number of para-hydroxylation sites is 2. The second kappa shape index (κ2) is 8.34. The summed E-state index contributed by atoms with van der Waals surface area (Å²) in [7, 11) is 0. The number of anilines is 1. The van der Waals surface area contributed by atoms with E-state index in [0.717, 1.165) is 0 Å². The van der Waals surface area contributed by atoms with Gasteiger partial charge in [-0.15, -0.1) is 0 Å². The number of amides is 2. The van der Waals surface area contributed by atoms with Gasteiger partial charge >= 0.3 is 0 Å². The predicted octanol–water partition coefficient (Wildman–Crippen LogP) is 2.83. The van der Waals surface area contributed by atoms with Gasteiger partial charge in [-0.3, -0.25) is 9.59 Å². The molecule has 0 aliphatic rings. The number of aromatic nitrogens is 2. The van der Waals surface area contributed by atoms with E-state index in [1.807, 2.05) is 0 Å². The van der Waals surface area contributed by atoms with Gasteiger partial charge in [-0.2, -0.15) is 5.10 Å². The van der Waals surface area contributed by atoms with Gasteiger partial charge in [-0.05, 0) is 43.3 Å². The summed E-state index contributed by atoms with van der Waals surface area (Å²) in [6, 6.07) is 12.7. The lowest BCUT2D eigenvalue weighted by molar-refractivity contribution is -0.118. The average Bonchev–Trinajstić information content (AvgIpc) is 3.05. The zero-order valence-electron chi connectivity index (χ0n) is 15.2. The zero-order valence-corrected chi connectivity index (χ0v) is 15.2. The summed E-state index contributed by atoms with van der Waals surface area (Å²) in [5, 5.41) is 7.01. The van der Waals surface area contributed by atoms with Crippen LogP contribution < -0.4 is 15.8 Å². The first-order valence-corrected chi connectivity index (χ1v) is 8.58. The van der Waals surface area contributed by atoms with E-state index in [1.165, 1.54) is 18.3 Å². The van der Waals surface area contributed by atoms with Crippen LogP contribution in [0.25, 0.3) is 5.69 Å². The number of nitrogens with one attached hydrogen (secondary N) is 1. The van der Waals surface area contributed by atoms with Gasteiger partial charge in [0.25, 0.3) is 5.91 Å². The predicted molar refractivity (Wildman–Crippen MR) is 102 cm³/mol. The summed E-state index contributed by atoms with van der Waals surface area (Å²) in [5.41, 5.74) is 7.20. The molecule has 2 aromatic carbocycles. The molecule has 0 aliphatic carbocycles. The van der Waals surface area contributed by atoms with Crippen LogP contribution in [0.1, 0.15) is 22.5 Å². The second-order valence-electron chi connectivity index (χ2n) is 6.05. The third kappa shape index (κ3) is 4.35. The molecule has 0 radical (unpaired) electrons. The number of nitrogens with two attached hydrogens (primary N) is 1. The molecule has 0 unspecified atom stereocenters. The van der Waals surface area contributed by atoms with Gasteiger partial charge in [0.15, 0.2) is 0 Å². The number of hydrogen-bond acceptors (Lipinski definition) is 4. The number of primary amides is 1. The number of nitrogens with zero attached hydrogens (tertiary/aromatic N) is 2. The summed E-state index contributed by atoms with van der Waals surface area (Å²) < 4.78 is 20.2. The number of carbonyl (C=O) groups is 2. The normalized spacial score (nSPS) is 10.5. The van der Waals surface area contributed by atoms with E-state index >= 15 is 0 Å². The molecule has 0 saturated carbocycles. The van der Waals surface area contributed by atoms with Gasteiger partial charge in [-0.1, -0.05) is 12.1 Å². The lowest BCUT2D eigenvalue weighted by Gasteiger charge is -2.12. The Morgan fingerprint density at radius 3 is 2.61 bits per heavy atom. The molecule has 28 heavy (non-hydrogen) atoms. The highest BCUT2D eigenvalue weighted by Gasteiger charge is 2.17. The van der Waals surface area contributed by atoms with E-state index in [4.69, 9.17) is 10.5 Å². The SMILES string of the molecule is Cc1c(C(=O)Nc2ccccc2OCCC(N)=O)cnn1-c1ccc(F)cc1.